The zero-order chi connectivity index (χ0) is 31.2. The molecule has 228 valence electrons. The van der Waals surface area contributed by atoms with Crippen molar-refractivity contribution in [2.45, 2.75) is 28.5 Å². The average Bonchev–Trinajstić information content (AvgIpc) is 3.03. The van der Waals surface area contributed by atoms with Crippen molar-refractivity contribution in [2.75, 3.05) is 10.6 Å². The van der Waals surface area contributed by atoms with Crippen LogP contribution in [0.15, 0.2) is 81.4 Å². The van der Waals surface area contributed by atoms with Gasteiger partial charge in [0.15, 0.2) is 11.6 Å². The van der Waals surface area contributed by atoms with Crippen LogP contribution < -0.4 is 115 Å². The van der Waals surface area contributed by atoms with Gasteiger partial charge in [0.1, 0.15) is 0 Å². The number of benzene rings is 4. The van der Waals surface area contributed by atoms with E-state index in [2.05, 4.69) is 38.7 Å². The first kappa shape index (κ1) is 42.7. The molecule has 0 radical (unpaired) electrons. The molecule has 13 nitrogen and oxygen atoms in total. The van der Waals surface area contributed by atoms with Gasteiger partial charge in [-0.2, -0.15) is 13.0 Å². The molecule has 47 heavy (non-hydrogen) atoms. The molecule has 0 aromatic heterocycles. The van der Waals surface area contributed by atoms with Crippen molar-refractivity contribution in [2.24, 2.45) is 0 Å². The first-order valence-corrected chi connectivity index (χ1v) is 14.6. The molecule has 0 fully saturated rings. The third-order valence-corrected chi connectivity index (χ3v) is 8.27. The van der Waals surface area contributed by atoms with Gasteiger partial charge in [-0.15, -0.1) is 0 Å². The third kappa shape index (κ3) is 10.3. The molecule has 0 unspecified atom stereocenters. The Kier molecular flexibility index (Phi) is 18.5. The summed E-state index contributed by atoms with van der Waals surface area (Å²) in [5.41, 5.74) is 3.57. The molecule has 2 N–H and O–H groups in total. The Morgan fingerprint density at radius 1 is 0.532 bits per heavy atom. The van der Waals surface area contributed by atoms with Crippen molar-refractivity contribution in [3.8, 4) is 0 Å². The smallest absolute Gasteiger partial charge is 0.691 e. The van der Waals surface area contributed by atoms with Gasteiger partial charge in [-0.05, 0) is 79.6 Å². The molecule has 0 heterocycles. The molecule has 0 atom stereocenters. The minimum absolute atomic E-state index is 0. The topological polar surface area (TPSA) is 183 Å². The summed E-state index contributed by atoms with van der Waals surface area (Å²) < 4.78 is 13.5. The van der Waals surface area contributed by atoms with Gasteiger partial charge in [0.05, 0.1) is 79.8 Å². The van der Waals surface area contributed by atoms with Crippen LogP contribution in [0.2, 0.25) is 0 Å². The summed E-state index contributed by atoms with van der Waals surface area (Å²) >= 11 is 1.93. The van der Waals surface area contributed by atoms with Crippen LogP contribution in [0.1, 0.15) is 43.0 Å². The quantitative estimate of drug-likeness (QED) is 0.0511. The molecular weight excluding hydrogens is 705 g/mol. The summed E-state index contributed by atoms with van der Waals surface area (Å²) in [4.78, 5) is 29.5. The first-order valence-electron chi connectivity index (χ1n) is 12.4. The molecule has 0 aliphatic heterocycles. The molecule has 1 aliphatic carbocycles. The Morgan fingerprint density at radius 2 is 0.957 bits per heavy atom. The van der Waals surface area contributed by atoms with Gasteiger partial charge in [-0.3, -0.25) is 24.7 Å². The number of anilines is 4. The Labute approximate surface area is 347 Å². The SMILES string of the molecule is Cc1ccc(Nc2ccc(Nc3ccc(C)cc3SOO[O-])c3c2C(=O)c2ccc(SOO[O-])cc2C3=O)c(SOO[O-])c1.[Na+].[Na+].[Na+]. The van der Waals surface area contributed by atoms with E-state index < -0.39 is 11.6 Å². The Morgan fingerprint density at radius 3 is 1.43 bits per heavy atom. The van der Waals surface area contributed by atoms with E-state index in [1.807, 2.05) is 19.9 Å². The van der Waals surface area contributed by atoms with Crippen molar-refractivity contribution in [3.63, 3.8) is 0 Å². The second kappa shape index (κ2) is 20.4. The fourth-order valence-electron chi connectivity index (χ4n) is 4.56. The van der Waals surface area contributed by atoms with Crippen molar-refractivity contribution in [1.82, 2.24) is 0 Å². The summed E-state index contributed by atoms with van der Waals surface area (Å²) in [6, 6.07) is 18.2. The zero-order valence-corrected chi connectivity index (χ0v) is 34.0. The normalized spacial score (nSPS) is 11.4. The summed E-state index contributed by atoms with van der Waals surface area (Å²) in [7, 11) is 0. The number of ketones is 2. The third-order valence-electron chi connectivity index (χ3n) is 6.41. The molecular formula is C28H19N2Na3O11S3. The van der Waals surface area contributed by atoms with Crippen LogP contribution in [0.25, 0.3) is 0 Å². The van der Waals surface area contributed by atoms with E-state index in [1.165, 1.54) is 18.2 Å². The molecule has 4 aromatic rings. The summed E-state index contributed by atoms with van der Waals surface area (Å²) in [6.45, 7) is 3.69. The van der Waals surface area contributed by atoms with Crippen LogP contribution in [0.3, 0.4) is 0 Å². The van der Waals surface area contributed by atoms with Crippen molar-refractivity contribution < 1.29 is 142 Å². The number of rotatable bonds is 13. The minimum Gasteiger partial charge on any atom is -0.691 e. The summed E-state index contributed by atoms with van der Waals surface area (Å²) in [5.74, 6) is -0.950. The molecule has 0 spiro atoms. The molecule has 1 aliphatic rings. The largest absolute Gasteiger partial charge is 1.00 e. The van der Waals surface area contributed by atoms with Gasteiger partial charge >= 0.3 is 88.7 Å². The van der Waals surface area contributed by atoms with Crippen LogP contribution in [0, 0.1) is 13.8 Å². The maximum Gasteiger partial charge on any atom is 1.00 e. The molecule has 19 heteroatoms. The standard InChI is InChI=1S/C28H22N2O11S3.3Na/c1-14-3-7-19(23(11-14)43-40-37-34)29-21-9-10-22(30-20-8-4-15(2)12-24(20)44-41-38-35)26-25(21)27(31)17-6-5-16(42-39-36-33)13-18(17)28(26)32;;;/h3-13,29-30,33-35H,1-2H3;;;/q;3*+1/p-3. The van der Waals surface area contributed by atoms with E-state index in [4.69, 9.17) is 0 Å². The molecule has 0 saturated heterocycles. The number of aryl methyl sites for hydroxylation is 2. The molecule has 0 amide bonds. The minimum atomic E-state index is -0.492. The number of nitrogens with one attached hydrogen (secondary N) is 2. The monoisotopic (exact) mass is 724 g/mol. The van der Waals surface area contributed by atoms with Gasteiger partial charge in [-0.1, -0.05) is 12.1 Å². The van der Waals surface area contributed by atoms with Crippen LogP contribution in [-0.2, 0) is 28.1 Å². The number of hydrogen-bond acceptors (Lipinski definition) is 16. The van der Waals surface area contributed by atoms with Crippen LogP contribution in [0.4, 0.5) is 22.7 Å². The van der Waals surface area contributed by atoms with Gasteiger partial charge in [0, 0.05) is 16.0 Å². The maximum atomic E-state index is 14.1. The predicted octanol–water partition coefficient (Wildman–Crippen LogP) is -4.73. The van der Waals surface area contributed by atoms with Crippen LogP contribution >= 0.6 is 36.1 Å². The predicted molar refractivity (Wildman–Crippen MR) is 153 cm³/mol. The fraction of sp³-hybridized carbons (Fsp3) is 0.0714. The van der Waals surface area contributed by atoms with E-state index >= 15 is 0 Å². The molecule has 4 aromatic carbocycles. The van der Waals surface area contributed by atoms with Crippen molar-refractivity contribution in [3.05, 3.63) is 100 Å². The molecule has 5 rings (SSSR count). The zero-order valence-electron chi connectivity index (χ0n) is 25.6. The summed E-state index contributed by atoms with van der Waals surface area (Å²) in [5, 5.41) is 48.1. The number of fused-ring (bicyclic) bond motifs is 2. The van der Waals surface area contributed by atoms with Gasteiger partial charge in [0.2, 0.25) is 0 Å². The average molecular weight is 725 g/mol. The van der Waals surface area contributed by atoms with E-state index in [0.717, 1.165) is 11.1 Å². The second-order valence-electron chi connectivity index (χ2n) is 9.18. The second-order valence-corrected chi connectivity index (χ2v) is 11.4. The van der Waals surface area contributed by atoms with Gasteiger partial charge < -0.3 is 26.4 Å². The number of carbonyl (C=O) groups excluding carboxylic acids is 2. The van der Waals surface area contributed by atoms with Crippen molar-refractivity contribution in [1.29, 1.82) is 0 Å². The van der Waals surface area contributed by atoms with Gasteiger partial charge in [-0.25, -0.2) is 0 Å². The first-order chi connectivity index (χ1) is 21.3. The summed E-state index contributed by atoms with van der Waals surface area (Å²) in [6.07, 6.45) is 0. The Bertz CT molecular complexity index is 1740. The van der Waals surface area contributed by atoms with Crippen LogP contribution in [-0.4, -0.2) is 11.6 Å². The molecule has 0 saturated carbocycles. The maximum absolute atomic E-state index is 14.1. The fourth-order valence-corrected chi connectivity index (χ4v) is 6.04. The van der Waals surface area contributed by atoms with E-state index in [-0.39, 0.29) is 117 Å². The van der Waals surface area contributed by atoms with E-state index in [0.29, 0.717) is 67.9 Å². The van der Waals surface area contributed by atoms with E-state index in [1.54, 1.807) is 42.5 Å². The Balaban J connectivity index is 0.00000256. The van der Waals surface area contributed by atoms with Crippen LogP contribution in [0.5, 0.6) is 0 Å². The van der Waals surface area contributed by atoms with Gasteiger partial charge in [0.25, 0.3) is 0 Å². The Hall–Kier alpha value is -0.490. The number of hydrogen-bond donors (Lipinski definition) is 2. The van der Waals surface area contributed by atoms with E-state index in [9.17, 15) is 25.4 Å². The van der Waals surface area contributed by atoms with Crippen molar-refractivity contribution >= 4 is 70.4 Å². The molecule has 0 bridgehead atoms. The number of carbonyl (C=O) groups is 2.